The molecule has 2 N–H and O–H groups in total. The second-order valence-electron chi connectivity index (χ2n) is 3.02. The molecule has 0 saturated heterocycles. The number of ether oxygens (including phenoxy) is 1. The summed E-state index contributed by atoms with van der Waals surface area (Å²) in [5.41, 5.74) is 6.69. The van der Waals surface area contributed by atoms with E-state index in [0.29, 0.717) is 6.61 Å². The third kappa shape index (κ3) is 3.35. The molecule has 1 aromatic carbocycles. The highest BCUT2D eigenvalue weighted by Gasteiger charge is 1.97. The predicted octanol–water partition coefficient (Wildman–Crippen LogP) is 1.23. The fourth-order valence-corrected chi connectivity index (χ4v) is 1.16. The standard InChI is InChI=1S/C12H13NO2/c1-3-15-11-6-4-10(9(2)8-11)5-7-12(13)14/h4,6,8H,3H2,1-2H3,(H2,13,14). The van der Waals surface area contributed by atoms with Crippen LogP contribution < -0.4 is 10.5 Å². The Morgan fingerprint density at radius 1 is 1.53 bits per heavy atom. The Labute approximate surface area is 89.2 Å². The molecule has 78 valence electrons. The van der Waals surface area contributed by atoms with Crippen LogP contribution in [-0.2, 0) is 4.79 Å². The molecule has 0 unspecified atom stereocenters. The molecule has 15 heavy (non-hydrogen) atoms. The number of rotatable bonds is 2. The first kappa shape index (κ1) is 11.1. The second kappa shape index (κ2) is 5.06. The smallest absolute Gasteiger partial charge is 0.293 e. The Hall–Kier alpha value is -1.95. The molecule has 0 spiro atoms. The van der Waals surface area contributed by atoms with E-state index in [2.05, 4.69) is 11.8 Å². The first-order chi connectivity index (χ1) is 7.13. The second-order valence-corrected chi connectivity index (χ2v) is 3.02. The highest BCUT2D eigenvalue weighted by Crippen LogP contribution is 2.16. The van der Waals surface area contributed by atoms with E-state index >= 15 is 0 Å². The lowest BCUT2D eigenvalue weighted by atomic mass is 10.1. The topological polar surface area (TPSA) is 52.3 Å². The largest absolute Gasteiger partial charge is 0.494 e. The lowest BCUT2D eigenvalue weighted by Crippen LogP contribution is -2.06. The van der Waals surface area contributed by atoms with Crippen molar-refractivity contribution in [1.82, 2.24) is 0 Å². The number of benzene rings is 1. The molecule has 0 aliphatic rings. The van der Waals surface area contributed by atoms with Gasteiger partial charge < -0.3 is 10.5 Å². The number of aryl methyl sites for hydroxylation is 1. The van der Waals surface area contributed by atoms with Crippen molar-refractivity contribution in [1.29, 1.82) is 0 Å². The first-order valence-corrected chi connectivity index (χ1v) is 4.68. The van der Waals surface area contributed by atoms with Crippen LogP contribution in [0, 0.1) is 18.8 Å². The molecule has 3 heteroatoms. The number of primary amides is 1. The third-order valence-corrected chi connectivity index (χ3v) is 1.83. The van der Waals surface area contributed by atoms with Crippen LogP contribution in [0.5, 0.6) is 5.75 Å². The van der Waals surface area contributed by atoms with E-state index in [4.69, 9.17) is 10.5 Å². The van der Waals surface area contributed by atoms with E-state index in [-0.39, 0.29) is 0 Å². The molecule has 1 rings (SSSR count). The lowest BCUT2D eigenvalue weighted by Gasteiger charge is -2.04. The van der Waals surface area contributed by atoms with Crippen molar-refractivity contribution >= 4 is 5.91 Å². The Bertz CT molecular complexity index is 427. The van der Waals surface area contributed by atoms with Crippen LogP contribution in [0.25, 0.3) is 0 Å². The zero-order chi connectivity index (χ0) is 11.3. The zero-order valence-corrected chi connectivity index (χ0v) is 8.83. The summed E-state index contributed by atoms with van der Waals surface area (Å²) in [6, 6.07) is 5.52. The summed E-state index contributed by atoms with van der Waals surface area (Å²) in [7, 11) is 0. The van der Waals surface area contributed by atoms with Gasteiger partial charge in [0, 0.05) is 5.56 Å². The van der Waals surface area contributed by atoms with E-state index < -0.39 is 5.91 Å². The average Bonchev–Trinajstić information content (AvgIpc) is 2.17. The fourth-order valence-electron chi connectivity index (χ4n) is 1.16. The van der Waals surface area contributed by atoms with Crippen molar-refractivity contribution < 1.29 is 9.53 Å². The van der Waals surface area contributed by atoms with E-state index in [1.807, 2.05) is 32.0 Å². The lowest BCUT2D eigenvalue weighted by molar-refractivity contribution is -0.112. The summed E-state index contributed by atoms with van der Waals surface area (Å²) < 4.78 is 5.33. The summed E-state index contributed by atoms with van der Waals surface area (Å²) in [6.45, 7) is 4.47. The molecular formula is C12H13NO2. The minimum absolute atomic E-state index is 0.622. The number of carbonyl (C=O) groups excluding carboxylic acids is 1. The number of carbonyl (C=O) groups is 1. The maximum absolute atomic E-state index is 10.5. The highest BCUT2D eigenvalue weighted by molar-refractivity contribution is 5.92. The summed E-state index contributed by atoms with van der Waals surface area (Å²) in [5, 5.41) is 0. The molecule has 0 aliphatic heterocycles. The number of amides is 1. The van der Waals surface area contributed by atoms with Crippen LogP contribution in [0.3, 0.4) is 0 Å². The van der Waals surface area contributed by atoms with E-state index in [1.165, 1.54) is 0 Å². The molecule has 0 fully saturated rings. The SMILES string of the molecule is CCOc1ccc(C#CC(N)=O)c(C)c1. The Morgan fingerprint density at radius 3 is 2.80 bits per heavy atom. The van der Waals surface area contributed by atoms with Gasteiger partial charge in [0.15, 0.2) is 0 Å². The fraction of sp³-hybridized carbons (Fsp3) is 0.250. The molecule has 0 bridgehead atoms. The highest BCUT2D eigenvalue weighted by atomic mass is 16.5. The van der Waals surface area contributed by atoms with Gasteiger partial charge >= 0.3 is 0 Å². The Kier molecular flexibility index (Phi) is 3.75. The monoisotopic (exact) mass is 203 g/mol. The van der Waals surface area contributed by atoms with Gasteiger partial charge in [-0.3, -0.25) is 4.79 Å². The minimum atomic E-state index is -0.622. The van der Waals surface area contributed by atoms with Gasteiger partial charge in [0.1, 0.15) is 5.75 Å². The van der Waals surface area contributed by atoms with Crippen molar-refractivity contribution in [2.75, 3.05) is 6.61 Å². The summed E-state index contributed by atoms with van der Waals surface area (Å²) in [5.74, 6) is 5.19. The molecule has 0 heterocycles. The number of hydrogen-bond acceptors (Lipinski definition) is 2. The quantitative estimate of drug-likeness (QED) is 0.735. The molecule has 1 amide bonds. The average molecular weight is 203 g/mol. The van der Waals surface area contributed by atoms with Crippen LogP contribution in [0.2, 0.25) is 0 Å². The Balaban J connectivity index is 2.94. The first-order valence-electron chi connectivity index (χ1n) is 4.68. The van der Waals surface area contributed by atoms with Gasteiger partial charge in [-0.1, -0.05) is 5.92 Å². The van der Waals surface area contributed by atoms with Crippen molar-refractivity contribution in [2.45, 2.75) is 13.8 Å². The van der Waals surface area contributed by atoms with Crippen LogP contribution in [0.1, 0.15) is 18.1 Å². The third-order valence-electron chi connectivity index (χ3n) is 1.83. The number of nitrogens with two attached hydrogens (primary N) is 1. The van der Waals surface area contributed by atoms with Crippen molar-refractivity contribution in [3.05, 3.63) is 29.3 Å². The normalized spacial score (nSPS) is 8.93. The number of hydrogen-bond donors (Lipinski definition) is 1. The molecule has 0 aromatic heterocycles. The van der Waals surface area contributed by atoms with E-state index in [0.717, 1.165) is 16.9 Å². The molecule has 0 radical (unpaired) electrons. The molecule has 0 aliphatic carbocycles. The maximum atomic E-state index is 10.5. The predicted molar refractivity (Wildman–Crippen MR) is 58.4 cm³/mol. The van der Waals surface area contributed by atoms with Crippen LogP contribution in [0.4, 0.5) is 0 Å². The van der Waals surface area contributed by atoms with Crippen LogP contribution in [0.15, 0.2) is 18.2 Å². The van der Waals surface area contributed by atoms with Gasteiger partial charge in [-0.15, -0.1) is 0 Å². The summed E-state index contributed by atoms with van der Waals surface area (Å²) in [6.07, 6.45) is 0. The van der Waals surface area contributed by atoms with E-state index in [9.17, 15) is 4.79 Å². The zero-order valence-electron chi connectivity index (χ0n) is 8.83. The summed E-state index contributed by atoms with van der Waals surface area (Å²) >= 11 is 0. The molecule has 0 atom stereocenters. The van der Waals surface area contributed by atoms with Gasteiger partial charge in [-0.25, -0.2) is 0 Å². The van der Waals surface area contributed by atoms with Crippen molar-refractivity contribution in [3.8, 4) is 17.6 Å². The van der Waals surface area contributed by atoms with Crippen molar-refractivity contribution in [3.63, 3.8) is 0 Å². The van der Waals surface area contributed by atoms with Gasteiger partial charge in [-0.05, 0) is 43.5 Å². The maximum Gasteiger partial charge on any atom is 0.293 e. The van der Waals surface area contributed by atoms with Crippen LogP contribution in [-0.4, -0.2) is 12.5 Å². The van der Waals surface area contributed by atoms with Gasteiger partial charge in [0.2, 0.25) is 0 Å². The summed E-state index contributed by atoms with van der Waals surface area (Å²) in [4.78, 5) is 10.5. The molecule has 3 nitrogen and oxygen atoms in total. The minimum Gasteiger partial charge on any atom is -0.494 e. The Morgan fingerprint density at radius 2 is 2.27 bits per heavy atom. The van der Waals surface area contributed by atoms with E-state index in [1.54, 1.807) is 0 Å². The van der Waals surface area contributed by atoms with Gasteiger partial charge in [-0.2, -0.15) is 0 Å². The molecule has 0 saturated carbocycles. The molecule has 1 aromatic rings. The van der Waals surface area contributed by atoms with Crippen LogP contribution >= 0.6 is 0 Å². The van der Waals surface area contributed by atoms with Crippen molar-refractivity contribution in [2.24, 2.45) is 5.73 Å². The van der Waals surface area contributed by atoms with Gasteiger partial charge in [0.25, 0.3) is 5.91 Å². The molecular weight excluding hydrogens is 190 g/mol. The van der Waals surface area contributed by atoms with Gasteiger partial charge in [0.05, 0.1) is 6.61 Å².